The predicted molar refractivity (Wildman–Crippen MR) is 109 cm³/mol. The number of hydrogen-bond donors (Lipinski definition) is 1. The standard InChI is InChI=1S/C21H27BrN2O2/c1-15-7-4-5-8-16(15)21(24-11-6-9-23-10-12-24)17-13-19(25-2)20(26-3)14-18(17)22/h4-5,7-8,13-14,21,23H,6,9-12H2,1-3H3. The minimum atomic E-state index is 0.172. The van der Waals surface area contributed by atoms with Crippen LogP contribution < -0.4 is 14.8 Å². The Morgan fingerprint density at radius 2 is 1.73 bits per heavy atom. The average molecular weight is 419 g/mol. The summed E-state index contributed by atoms with van der Waals surface area (Å²) < 4.78 is 12.1. The van der Waals surface area contributed by atoms with Crippen LogP contribution in [-0.2, 0) is 0 Å². The van der Waals surface area contributed by atoms with Crippen molar-refractivity contribution in [3.8, 4) is 11.5 Å². The van der Waals surface area contributed by atoms with E-state index in [9.17, 15) is 0 Å². The first kappa shape index (κ1) is 19.2. The Kier molecular flexibility index (Phi) is 6.57. The fraction of sp³-hybridized carbons (Fsp3) is 0.429. The smallest absolute Gasteiger partial charge is 0.161 e. The van der Waals surface area contributed by atoms with E-state index in [0.717, 1.165) is 48.6 Å². The summed E-state index contributed by atoms with van der Waals surface area (Å²) in [4.78, 5) is 2.56. The van der Waals surface area contributed by atoms with E-state index in [1.54, 1.807) is 14.2 Å². The minimum absolute atomic E-state index is 0.172. The second kappa shape index (κ2) is 8.89. The lowest BCUT2D eigenvalue weighted by molar-refractivity contribution is 0.239. The zero-order valence-corrected chi connectivity index (χ0v) is 17.3. The summed E-state index contributed by atoms with van der Waals surface area (Å²) in [6.45, 7) is 6.34. The molecular formula is C21H27BrN2O2. The SMILES string of the molecule is COc1cc(Br)c(C(c2ccccc2C)N2CCCNCC2)cc1OC. The van der Waals surface area contributed by atoms with Gasteiger partial charge in [-0.2, -0.15) is 0 Å². The summed E-state index contributed by atoms with van der Waals surface area (Å²) in [7, 11) is 3.36. The molecule has 0 spiro atoms. The number of benzene rings is 2. The Balaban J connectivity index is 2.13. The number of ether oxygens (including phenoxy) is 2. The molecule has 1 N–H and O–H groups in total. The molecule has 0 amide bonds. The van der Waals surface area contributed by atoms with E-state index in [1.165, 1.54) is 16.7 Å². The summed E-state index contributed by atoms with van der Waals surface area (Å²) in [6.07, 6.45) is 1.15. The molecule has 4 nitrogen and oxygen atoms in total. The summed E-state index contributed by atoms with van der Waals surface area (Å²) in [5.41, 5.74) is 3.84. The molecule has 1 fully saturated rings. The topological polar surface area (TPSA) is 33.7 Å². The molecule has 1 aliphatic rings. The molecule has 1 aliphatic heterocycles. The molecule has 0 saturated carbocycles. The van der Waals surface area contributed by atoms with Gasteiger partial charge in [0.25, 0.3) is 0 Å². The Morgan fingerprint density at radius 1 is 1.00 bits per heavy atom. The van der Waals surface area contributed by atoms with Crippen molar-refractivity contribution >= 4 is 15.9 Å². The summed E-state index contributed by atoms with van der Waals surface area (Å²) in [5.74, 6) is 1.50. The molecule has 5 heteroatoms. The van der Waals surface area contributed by atoms with Gasteiger partial charge < -0.3 is 14.8 Å². The van der Waals surface area contributed by atoms with Gasteiger partial charge in [-0.3, -0.25) is 4.90 Å². The van der Waals surface area contributed by atoms with Crippen molar-refractivity contribution in [1.29, 1.82) is 0 Å². The first-order valence-electron chi connectivity index (χ1n) is 9.07. The lowest BCUT2D eigenvalue weighted by Crippen LogP contribution is -2.33. The zero-order valence-electron chi connectivity index (χ0n) is 15.7. The molecule has 3 rings (SSSR count). The molecule has 1 atom stereocenters. The number of hydrogen-bond acceptors (Lipinski definition) is 4. The molecule has 0 radical (unpaired) electrons. The Morgan fingerprint density at radius 3 is 2.46 bits per heavy atom. The van der Waals surface area contributed by atoms with Crippen LogP contribution in [0.1, 0.15) is 29.2 Å². The highest BCUT2D eigenvalue weighted by Crippen LogP contribution is 2.41. The van der Waals surface area contributed by atoms with Crippen LogP contribution in [0.2, 0.25) is 0 Å². The molecule has 140 valence electrons. The van der Waals surface area contributed by atoms with E-state index >= 15 is 0 Å². The third kappa shape index (κ3) is 4.05. The monoisotopic (exact) mass is 418 g/mol. The van der Waals surface area contributed by atoms with Gasteiger partial charge in [-0.05, 0) is 48.7 Å². The molecular weight excluding hydrogens is 392 g/mol. The largest absolute Gasteiger partial charge is 0.493 e. The van der Waals surface area contributed by atoms with Crippen molar-refractivity contribution in [2.24, 2.45) is 0 Å². The molecule has 0 aliphatic carbocycles. The Labute approximate surface area is 164 Å². The number of halogens is 1. The van der Waals surface area contributed by atoms with Gasteiger partial charge in [0.15, 0.2) is 11.5 Å². The van der Waals surface area contributed by atoms with E-state index in [0.29, 0.717) is 0 Å². The molecule has 0 bridgehead atoms. The molecule has 2 aromatic carbocycles. The summed E-state index contributed by atoms with van der Waals surface area (Å²) >= 11 is 3.78. The van der Waals surface area contributed by atoms with Crippen molar-refractivity contribution in [2.75, 3.05) is 40.4 Å². The van der Waals surface area contributed by atoms with Crippen LogP contribution in [0.5, 0.6) is 11.5 Å². The number of rotatable bonds is 5. The third-order valence-corrected chi connectivity index (χ3v) is 5.71. The van der Waals surface area contributed by atoms with Crippen LogP contribution in [0.25, 0.3) is 0 Å². The normalized spacial score (nSPS) is 16.8. The van der Waals surface area contributed by atoms with Crippen molar-refractivity contribution in [1.82, 2.24) is 10.2 Å². The summed E-state index contributed by atoms with van der Waals surface area (Å²) in [5, 5.41) is 3.51. The zero-order chi connectivity index (χ0) is 18.5. The molecule has 1 unspecified atom stereocenters. The van der Waals surface area contributed by atoms with Gasteiger partial charge in [0.1, 0.15) is 0 Å². The second-order valence-corrected chi connectivity index (χ2v) is 7.48. The lowest BCUT2D eigenvalue weighted by atomic mass is 9.93. The minimum Gasteiger partial charge on any atom is -0.493 e. The average Bonchev–Trinajstić information content (AvgIpc) is 2.93. The number of aryl methyl sites for hydroxylation is 1. The number of nitrogens with one attached hydrogen (secondary N) is 1. The van der Waals surface area contributed by atoms with Crippen molar-refractivity contribution in [3.63, 3.8) is 0 Å². The maximum absolute atomic E-state index is 5.58. The van der Waals surface area contributed by atoms with E-state index in [1.807, 2.05) is 6.07 Å². The second-order valence-electron chi connectivity index (χ2n) is 6.63. The fourth-order valence-electron chi connectivity index (χ4n) is 3.66. The number of methoxy groups -OCH3 is 2. The van der Waals surface area contributed by atoms with Crippen LogP contribution in [0.3, 0.4) is 0 Å². The first-order valence-corrected chi connectivity index (χ1v) is 9.86. The van der Waals surface area contributed by atoms with Crippen LogP contribution in [0.15, 0.2) is 40.9 Å². The van der Waals surface area contributed by atoms with E-state index in [-0.39, 0.29) is 6.04 Å². The lowest BCUT2D eigenvalue weighted by Gasteiger charge is -2.33. The third-order valence-electron chi connectivity index (χ3n) is 5.02. The van der Waals surface area contributed by atoms with Gasteiger partial charge in [0.05, 0.1) is 20.3 Å². The molecule has 0 aromatic heterocycles. The Bertz CT molecular complexity index is 743. The van der Waals surface area contributed by atoms with Crippen molar-refractivity contribution in [2.45, 2.75) is 19.4 Å². The van der Waals surface area contributed by atoms with E-state index in [2.05, 4.69) is 63.4 Å². The molecule has 2 aromatic rings. The highest BCUT2D eigenvalue weighted by molar-refractivity contribution is 9.10. The van der Waals surface area contributed by atoms with Gasteiger partial charge in [-0.1, -0.05) is 40.2 Å². The van der Waals surface area contributed by atoms with Gasteiger partial charge in [-0.25, -0.2) is 0 Å². The first-order chi connectivity index (χ1) is 12.7. The van der Waals surface area contributed by atoms with Crippen molar-refractivity contribution < 1.29 is 9.47 Å². The predicted octanol–water partition coefficient (Wildman–Crippen LogP) is 4.16. The van der Waals surface area contributed by atoms with Crippen LogP contribution in [-0.4, -0.2) is 45.3 Å². The molecule has 1 heterocycles. The fourth-order valence-corrected chi connectivity index (χ4v) is 4.20. The van der Waals surface area contributed by atoms with Crippen LogP contribution >= 0.6 is 15.9 Å². The van der Waals surface area contributed by atoms with Crippen molar-refractivity contribution in [3.05, 3.63) is 57.6 Å². The van der Waals surface area contributed by atoms with Gasteiger partial charge in [-0.15, -0.1) is 0 Å². The number of nitrogens with zero attached hydrogens (tertiary/aromatic N) is 1. The van der Waals surface area contributed by atoms with E-state index in [4.69, 9.17) is 9.47 Å². The highest BCUT2D eigenvalue weighted by atomic mass is 79.9. The highest BCUT2D eigenvalue weighted by Gasteiger charge is 2.27. The summed E-state index contributed by atoms with van der Waals surface area (Å²) in [6, 6.07) is 12.9. The molecule has 1 saturated heterocycles. The maximum atomic E-state index is 5.58. The maximum Gasteiger partial charge on any atom is 0.161 e. The van der Waals surface area contributed by atoms with Gasteiger partial charge >= 0.3 is 0 Å². The quantitative estimate of drug-likeness (QED) is 0.789. The van der Waals surface area contributed by atoms with Crippen LogP contribution in [0, 0.1) is 6.92 Å². The molecule has 26 heavy (non-hydrogen) atoms. The van der Waals surface area contributed by atoms with Gasteiger partial charge in [0, 0.05) is 24.1 Å². The van der Waals surface area contributed by atoms with E-state index < -0.39 is 0 Å². The van der Waals surface area contributed by atoms with Crippen LogP contribution in [0.4, 0.5) is 0 Å². The van der Waals surface area contributed by atoms with Gasteiger partial charge in [0.2, 0.25) is 0 Å². The Hall–Kier alpha value is -1.56.